The zero-order valence-corrected chi connectivity index (χ0v) is 18.7. The molecule has 0 aromatic heterocycles. The molecule has 0 atom stereocenters. The van der Waals surface area contributed by atoms with E-state index in [-0.39, 0.29) is 18.1 Å². The molecule has 0 radical (unpaired) electrons. The van der Waals surface area contributed by atoms with Crippen LogP contribution in [0.1, 0.15) is 53.6 Å². The zero-order valence-electron chi connectivity index (χ0n) is 18.7. The number of hydrogen-bond donors (Lipinski definition) is 1. The van der Waals surface area contributed by atoms with Crippen molar-refractivity contribution >= 4 is 11.8 Å². The highest BCUT2D eigenvalue weighted by Gasteiger charge is 2.43. The van der Waals surface area contributed by atoms with Gasteiger partial charge < -0.3 is 14.6 Å². The van der Waals surface area contributed by atoms with E-state index in [0.717, 1.165) is 5.56 Å². The second-order valence-corrected chi connectivity index (χ2v) is 8.74. The summed E-state index contributed by atoms with van der Waals surface area (Å²) in [5.41, 5.74) is 1.60. The van der Waals surface area contributed by atoms with Gasteiger partial charge in [-0.3, -0.25) is 14.0 Å². The van der Waals surface area contributed by atoms with Gasteiger partial charge in [0.15, 0.2) is 17.3 Å². The normalized spacial score (nSPS) is 20.5. The number of carbonyl (C=O) groups is 2. The molecule has 1 fully saturated rings. The van der Waals surface area contributed by atoms with Crippen molar-refractivity contribution in [1.29, 1.82) is 0 Å². The van der Waals surface area contributed by atoms with Gasteiger partial charge in [0, 0.05) is 18.4 Å². The Labute approximate surface area is 188 Å². The Kier molecular flexibility index (Phi) is 7.89. The lowest BCUT2D eigenvalue weighted by Gasteiger charge is -2.35. The lowest BCUT2D eigenvalue weighted by molar-refractivity contribution is -0.151. The van der Waals surface area contributed by atoms with Crippen molar-refractivity contribution in [2.75, 3.05) is 20.4 Å². The number of aliphatic carboxylic acids is 1. The van der Waals surface area contributed by atoms with Crippen LogP contribution in [0, 0.1) is 18.3 Å². The molecule has 0 amide bonds. The number of benzene rings is 2. The minimum absolute atomic E-state index is 0.101. The fourth-order valence-corrected chi connectivity index (χ4v) is 4.37. The van der Waals surface area contributed by atoms with Crippen molar-refractivity contribution in [3.8, 4) is 11.5 Å². The molecule has 0 aliphatic heterocycles. The molecule has 0 saturated heterocycles. The van der Waals surface area contributed by atoms with E-state index >= 15 is 0 Å². The molecule has 172 valence electrons. The zero-order chi connectivity index (χ0) is 23.1. The topological polar surface area (TPSA) is 72.8 Å². The van der Waals surface area contributed by atoms with Gasteiger partial charge in [-0.05, 0) is 62.3 Å². The predicted octanol–water partition coefficient (Wildman–Crippen LogP) is 5.43. The molecular formula is C26H31FO5. The molecule has 0 heterocycles. The van der Waals surface area contributed by atoms with Crippen LogP contribution in [0.15, 0.2) is 42.5 Å². The van der Waals surface area contributed by atoms with Crippen molar-refractivity contribution in [2.24, 2.45) is 11.3 Å². The summed E-state index contributed by atoms with van der Waals surface area (Å²) in [7, 11) is 1.53. The first kappa shape index (κ1) is 23.8. The van der Waals surface area contributed by atoms with Gasteiger partial charge in [-0.1, -0.05) is 29.8 Å². The van der Waals surface area contributed by atoms with E-state index in [1.807, 2.05) is 25.1 Å². The highest BCUT2D eigenvalue weighted by Crippen LogP contribution is 2.43. The molecule has 2 aromatic carbocycles. The summed E-state index contributed by atoms with van der Waals surface area (Å²) in [6, 6.07) is 13.1. The number of methoxy groups -OCH3 is 1. The maximum Gasteiger partial charge on any atom is 0.310 e. The molecular weight excluding hydrogens is 411 g/mol. The third-order valence-corrected chi connectivity index (χ3v) is 6.45. The summed E-state index contributed by atoms with van der Waals surface area (Å²) in [4.78, 5) is 25.0. The van der Waals surface area contributed by atoms with Gasteiger partial charge in [-0.2, -0.15) is 0 Å². The minimum atomic E-state index is -1.13. The molecule has 2 aromatic rings. The summed E-state index contributed by atoms with van der Waals surface area (Å²) in [5.74, 6) is -0.366. The van der Waals surface area contributed by atoms with Crippen molar-refractivity contribution in [1.82, 2.24) is 0 Å². The number of alkyl halides is 1. The Morgan fingerprint density at radius 3 is 2.50 bits per heavy atom. The molecule has 0 spiro atoms. The lowest BCUT2D eigenvalue weighted by atomic mass is 9.67. The lowest BCUT2D eigenvalue weighted by Crippen LogP contribution is -2.37. The van der Waals surface area contributed by atoms with E-state index in [1.165, 1.54) is 12.7 Å². The average molecular weight is 443 g/mol. The van der Waals surface area contributed by atoms with Crippen LogP contribution in [0.25, 0.3) is 0 Å². The third-order valence-electron chi connectivity index (χ3n) is 6.45. The Morgan fingerprint density at radius 2 is 1.88 bits per heavy atom. The van der Waals surface area contributed by atoms with Crippen LogP contribution in [-0.4, -0.2) is 37.3 Å². The molecule has 0 unspecified atom stereocenters. The number of rotatable bonds is 10. The van der Waals surface area contributed by atoms with Gasteiger partial charge in [-0.25, -0.2) is 0 Å². The Balaban J connectivity index is 1.70. The molecule has 1 aliphatic rings. The smallest absolute Gasteiger partial charge is 0.310 e. The Morgan fingerprint density at radius 1 is 1.12 bits per heavy atom. The highest BCUT2D eigenvalue weighted by atomic mass is 19.1. The largest absolute Gasteiger partial charge is 0.493 e. The SMILES string of the molecule is COc1ccc(C(=O)CC2(C(=O)O)CCC(CF)CC2)cc1OCCc1cccc(C)c1. The number of carboxylic acids is 1. The van der Waals surface area contributed by atoms with E-state index in [4.69, 9.17) is 9.47 Å². The number of ether oxygens (including phenoxy) is 2. The van der Waals surface area contributed by atoms with E-state index in [9.17, 15) is 19.1 Å². The molecule has 6 heteroatoms. The Bertz CT molecular complexity index is 947. The molecule has 1 N–H and O–H groups in total. The van der Waals surface area contributed by atoms with Crippen LogP contribution in [0.5, 0.6) is 11.5 Å². The maximum atomic E-state index is 13.0. The first-order chi connectivity index (χ1) is 15.4. The van der Waals surface area contributed by atoms with Gasteiger partial charge in [0.1, 0.15) is 0 Å². The first-order valence-corrected chi connectivity index (χ1v) is 11.1. The van der Waals surface area contributed by atoms with Gasteiger partial charge >= 0.3 is 5.97 Å². The summed E-state index contributed by atoms with van der Waals surface area (Å²) in [5, 5.41) is 9.83. The first-order valence-electron chi connectivity index (χ1n) is 11.1. The molecule has 1 aliphatic carbocycles. The third kappa shape index (κ3) is 5.67. The Hall–Kier alpha value is -2.89. The fraction of sp³-hybridized carbons (Fsp3) is 0.462. The van der Waals surface area contributed by atoms with E-state index in [0.29, 0.717) is 55.8 Å². The second kappa shape index (κ2) is 10.6. The standard InChI is InChI=1S/C26H31FO5/c1-18-4-3-5-19(14-18)10-13-32-24-15-21(6-7-23(24)31-2)22(28)16-26(25(29)30)11-8-20(17-27)9-12-26/h3-7,14-15,20H,8-13,16-17H2,1-2H3,(H,29,30). The second-order valence-electron chi connectivity index (χ2n) is 8.74. The summed E-state index contributed by atoms with van der Waals surface area (Å²) >= 11 is 0. The van der Waals surface area contributed by atoms with Crippen LogP contribution in [0.3, 0.4) is 0 Å². The number of aryl methyl sites for hydroxylation is 1. The fourth-order valence-electron chi connectivity index (χ4n) is 4.37. The molecule has 5 nitrogen and oxygen atoms in total. The highest BCUT2D eigenvalue weighted by molar-refractivity contribution is 5.99. The van der Waals surface area contributed by atoms with Crippen LogP contribution in [-0.2, 0) is 11.2 Å². The molecule has 0 bridgehead atoms. The number of carboxylic acid groups (broad SMARTS) is 1. The molecule has 3 rings (SSSR count). The summed E-state index contributed by atoms with van der Waals surface area (Å²) in [6.45, 7) is 2.02. The monoisotopic (exact) mass is 442 g/mol. The van der Waals surface area contributed by atoms with Crippen LogP contribution >= 0.6 is 0 Å². The summed E-state index contributed by atoms with van der Waals surface area (Å²) < 4.78 is 24.3. The van der Waals surface area contributed by atoms with E-state index in [2.05, 4.69) is 6.07 Å². The number of Topliss-reactive ketones (excluding diaryl/α,β-unsaturated/α-hetero) is 1. The van der Waals surface area contributed by atoms with Gasteiger partial charge in [0.05, 0.1) is 25.8 Å². The van der Waals surface area contributed by atoms with Crippen molar-refractivity contribution < 1.29 is 28.6 Å². The number of carbonyl (C=O) groups excluding carboxylic acids is 1. The average Bonchev–Trinajstić information content (AvgIpc) is 2.79. The van der Waals surface area contributed by atoms with Crippen LogP contribution < -0.4 is 9.47 Å². The van der Waals surface area contributed by atoms with Crippen molar-refractivity contribution in [3.63, 3.8) is 0 Å². The minimum Gasteiger partial charge on any atom is -0.493 e. The van der Waals surface area contributed by atoms with Gasteiger partial charge in [-0.15, -0.1) is 0 Å². The van der Waals surface area contributed by atoms with Crippen molar-refractivity contribution in [2.45, 2.75) is 45.4 Å². The molecule has 1 saturated carbocycles. The number of ketones is 1. The van der Waals surface area contributed by atoms with Gasteiger partial charge in [0.2, 0.25) is 0 Å². The molecule has 32 heavy (non-hydrogen) atoms. The van der Waals surface area contributed by atoms with E-state index in [1.54, 1.807) is 18.2 Å². The van der Waals surface area contributed by atoms with E-state index < -0.39 is 18.1 Å². The quantitative estimate of drug-likeness (QED) is 0.497. The summed E-state index contributed by atoms with van der Waals surface area (Å²) in [6.07, 6.45) is 2.23. The van der Waals surface area contributed by atoms with Gasteiger partial charge in [0.25, 0.3) is 0 Å². The number of halogens is 1. The van der Waals surface area contributed by atoms with Crippen LogP contribution in [0.4, 0.5) is 4.39 Å². The van der Waals surface area contributed by atoms with Crippen LogP contribution in [0.2, 0.25) is 0 Å². The number of hydrogen-bond acceptors (Lipinski definition) is 4. The van der Waals surface area contributed by atoms with Crippen molar-refractivity contribution in [3.05, 3.63) is 59.2 Å². The maximum absolute atomic E-state index is 13.0. The predicted molar refractivity (Wildman–Crippen MR) is 120 cm³/mol.